The van der Waals surface area contributed by atoms with Crippen molar-refractivity contribution >= 4 is 0 Å². The van der Waals surface area contributed by atoms with Crippen LogP contribution in [0.4, 0.5) is 0 Å². The van der Waals surface area contributed by atoms with Gasteiger partial charge in [-0.25, -0.2) is 0 Å². The lowest BCUT2D eigenvalue weighted by Gasteiger charge is -2.27. The van der Waals surface area contributed by atoms with Crippen molar-refractivity contribution in [2.75, 3.05) is 33.3 Å². The molecule has 0 saturated carbocycles. The molecule has 0 aliphatic carbocycles. The normalized spacial score (nSPS) is 26.9. The molecule has 1 saturated heterocycles. The molecule has 2 heterocycles. The van der Waals surface area contributed by atoms with Gasteiger partial charge >= 0.3 is 0 Å². The minimum atomic E-state index is 0.222. The topological polar surface area (TPSA) is 35.9 Å². The van der Waals surface area contributed by atoms with Crippen LogP contribution in [0.15, 0.2) is 42.2 Å². The van der Waals surface area contributed by atoms with Crippen molar-refractivity contribution in [3.05, 3.63) is 47.7 Å². The van der Waals surface area contributed by atoms with Gasteiger partial charge in [0.2, 0.25) is 0 Å². The van der Waals surface area contributed by atoms with Gasteiger partial charge in [0, 0.05) is 45.1 Å². The van der Waals surface area contributed by atoms with Crippen molar-refractivity contribution in [3.63, 3.8) is 0 Å². The Morgan fingerprint density at radius 3 is 2.73 bits per heavy atom. The minimum absolute atomic E-state index is 0.222. The summed E-state index contributed by atoms with van der Waals surface area (Å²) in [5, 5.41) is 9.32. The van der Waals surface area contributed by atoms with E-state index in [1.54, 1.807) is 0 Å². The molecule has 2 aliphatic rings. The average molecular weight is 302 g/mol. The standard InChI is InChI=1S/C18H26N2O2/c1-19-13-18(11-16(19)14-21)22-17-7-9-20(10-8-17)12-15-5-3-2-4-6-15/h2-7,16,18,21H,8-14H2,1H3/t16-,18+/m0/s1. The van der Waals surface area contributed by atoms with E-state index in [-0.39, 0.29) is 18.8 Å². The number of aliphatic hydroxyl groups excluding tert-OH is 1. The van der Waals surface area contributed by atoms with Crippen LogP contribution in [0.3, 0.4) is 0 Å². The van der Waals surface area contributed by atoms with Gasteiger partial charge in [0.05, 0.1) is 12.4 Å². The second kappa shape index (κ2) is 7.27. The van der Waals surface area contributed by atoms with E-state index in [0.717, 1.165) is 44.8 Å². The first-order valence-electron chi connectivity index (χ1n) is 8.17. The Balaban J connectivity index is 1.47. The molecule has 1 N–H and O–H groups in total. The number of nitrogens with zero attached hydrogens (tertiary/aromatic N) is 2. The first kappa shape index (κ1) is 15.5. The number of likely N-dealkylation sites (N-methyl/N-ethyl adjacent to an activating group) is 1. The summed E-state index contributed by atoms with van der Waals surface area (Å²) in [5.74, 6) is 1.13. The molecule has 2 aliphatic heterocycles. The molecule has 0 spiro atoms. The van der Waals surface area contributed by atoms with Gasteiger partial charge in [-0.05, 0) is 18.7 Å². The zero-order chi connectivity index (χ0) is 15.4. The highest BCUT2D eigenvalue weighted by Crippen LogP contribution is 2.23. The Hall–Kier alpha value is -1.36. The van der Waals surface area contributed by atoms with Crippen molar-refractivity contribution in [1.82, 2.24) is 9.80 Å². The summed E-state index contributed by atoms with van der Waals surface area (Å²) in [4.78, 5) is 4.63. The molecule has 1 aromatic rings. The highest BCUT2D eigenvalue weighted by molar-refractivity contribution is 5.15. The summed E-state index contributed by atoms with van der Waals surface area (Å²) in [6.45, 7) is 4.14. The Kier molecular flexibility index (Phi) is 5.13. The van der Waals surface area contributed by atoms with E-state index >= 15 is 0 Å². The Bertz CT molecular complexity index is 503. The highest BCUT2D eigenvalue weighted by Gasteiger charge is 2.30. The van der Waals surface area contributed by atoms with E-state index < -0.39 is 0 Å². The molecule has 0 bridgehead atoms. The first-order valence-corrected chi connectivity index (χ1v) is 8.17. The molecule has 1 fully saturated rings. The highest BCUT2D eigenvalue weighted by atomic mass is 16.5. The second-order valence-electron chi connectivity index (χ2n) is 6.39. The molecule has 0 aromatic heterocycles. The molecule has 4 nitrogen and oxygen atoms in total. The summed E-state index contributed by atoms with van der Waals surface area (Å²) in [5.41, 5.74) is 1.36. The summed E-state index contributed by atoms with van der Waals surface area (Å²) in [6.07, 6.45) is 4.36. The minimum Gasteiger partial charge on any atom is -0.494 e. The van der Waals surface area contributed by atoms with Gasteiger partial charge in [0.1, 0.15) is 6.10 Å². The SMILES string of the molecule is CN1C[C@H](OC2=CCN(Cc3ccccc3)CC2)C[C@H]1CO. The maximum Gasteiger partial charge on any atom is 0.112 e. The van der Waals surface area contributed by atoms with Crippen molar-refractivity contribution in [3.8, 4) is 0 Å². The molecule has 2 atom stereocenters. The monoisotopic (exact) mass is 302 g/mol. The van der Waals surface area contributed by atoms with Gasteiger partial charge in [-0.3, -0.25) is 9.80 Å². The number of benzene rings is 1. The van der Waals surface area contributed by atoms with Gasteiger partial charge in [-0.15, -0.1) is 0 Å². The molecule has 120 valence electrons. The largest absolute Gasteiger partial charge is 0.494 e. The number of hydrogen-bond acceptors (Lipinski definition) is 4. The number of hydrogen-bond donors (Lipinski definition) is 1. The van der Waals surface area contributed by atoms with E-state index in [1.807, 2.05) is 0 Å². The zero-order valence-corrected chi connectivity index (χ0v) is 13.3. The molecular formula is C18H26N2O2. The third-order valence-corrected chi connectivity index (χ3v) is 4.68. The Morgan fingerprint density at radius 1 is 1.27 bits per heavy atom. The molecule has 0 amide bonds. The average Bonchev–Trinajstić information content (AvgIpc) is 2.90. The van der Waals surface area contributed by atoms with Gasteiger partial charge in [-0.1, -0.05) is 30.3 Å². The summed E-state index contributed by atoms with van der Waals surface area (Å²) >= 11 is 0. The van der Waals surface area contributed by atoms with Crippen LogP contribution in [0.25, 0.3) is 0 Å². The van der Waals surface area contributed by atoms with Crippen LogP contribution >= 0.6 is 0 Å². The number of likely N-dealkylation sites (tertiary alicyclic amines) is 1. The summed E-state index contributed by atoms with van der Waals surface area (Å²) in [6, 6.07) is 10.9. The number of ether oxygens (including phenoxy) is 1. The third-order valence-electron chi connectivity index (χ3n) is 4.68. The molecular weight excluding hydrogens is 276 g/mol. The molecule has 0 radical (unpaired) electrons. The van der Waals surface area contributed by atoms with Crippen LogP contribution in [-0.4, -0.2) is 60.3 Å². The predicted molar refractivity (Wildman–Crippen MR) is 87.4 cm³/mol. The van der Waals surface area contributed by atoms with Gasteiger partial charge < -0.3 is 9.84 Å². The number of rotatable bonds is 5. The Morgan fingerprint density at radius 2 is 2.09 bits per heavy atom. The maximum absolute atomic E-state index is 9.32. The van der Waals surface area contributed by atoms with Crippen LogP contribution < -0.4 is 0 Å². The quantitative estimate of drug-likeness (QED) is 0.900. The molecule has 1 aromatic carbocycles. The van der Waals surface area contributed by atoms with Crippen molar-refractivity contribution in [2.45, 2.75) is 31.5 Å². The molecule has 22 heavy (non-hydrogen) atoms. The van der Waals surface area contributed by atoms with Crippen LogP contribution in [-0.2, 0) is 11.3 Å². The van der Waals surface area contributed by atoms with E-state index in [9.17, 15) is 5.11 Å². The van der Waals surface area contributed by atoms with E-state index in [2.05, 4.69) is 53.3 Å². The smallest absolute Gasteiger partial charge is 0.112 e. The van der Waals surface area contributed by atoms with Gasteiger partial charge in [0.25, 0.3) is 0 Å². The molecule has 0 unspecified atom stereocenters. The van der Waals surface area contributed by atoms with E-state index in [0.29, 0.717) is 0 Å². The van der Waals surface area contributed by atoms with E-state index in [4.69, 9.17) is 4.74 Å². The second-order valence-corrected chi connectivity index (χ2v) is 6.39. The fourth-order valence-electron chi connectivity index (χ4n) is 3.33. The van der Waals surface area contributed by atoms with Crippen molar-refractivity contribution < 1.29 is 9.84 Å². The van der Waals surface area contributed by atoms with Gasteiger partial charge in [0.15, 0.2) is 0 Å². The lowest BCUT2D eigenvalue weighted by Crippen LogP contribution is -2.30. The first-order chi connectivity index (χ1) is 10.7. The third kappa shape index (κ3) is 3.88. The van der Waals surface area contributed by atoms with Gasteiger partial charge in [-0.2, -0.15) is 0 Å². The lowest BCUT2D eigenvalue weighted by atomic mass is 10.1. The van der Waals surface area contributed by atoms with Crippen molar-refractivity contribution in [1.29, 1.82) is 0 Å². The fourth-order valence-corrected chi connectivity index (χ4v) is 3.33. The summed E-state index contributed by atoms with van der Waals surface area (Å²) < 4.78 is 6.13. The maximum atomic E-state index is 9.32. The molecule has 3 rings (SSSR count). The van der Waals surface area contributed by atoms with Crippen LogP contribution in [0.1, 0.15) is 18.4 Å². The Labute approximate surface area is 133 Å². The zero-order valence-electron chi connectivity index (χ0n) is 13.3. The number of aliphatic hydroxyl groups is 1. The van der Waals surface area contributed by atoms with E-state index in [1.165, 1.54) is 5.56 Å². The predicted octanol–water partition coefficient (Wildman–Crippen LogP) is 1.86. The van der Waals surface area contributed by atoms with Crippen LogP contribution in [0.5, 0.6) is 0 Å². The van der Waals surface area contributed by atoms with Crippen molar-refractivity contribution in [2.24, 2.45) is 0 Å². The van der Waals surface area contributed by atoms with Crippen LogP contribution in [0.2, 0.25) is 0 Å². The summed E-state index contributed by atoms with van der Waals surface area (Å²) in [7, 11) is 2.06. The fraction of sp³-hybridized carbons (Fsp3) is 0.556. The van der Waals surface area contributed by atoms with Crippen LogP contribution in [0, 0.1) is 0 Å². The lowest BCUT2D eigenvalue weighted by molar-refractivity contribution is 0.102. The molecule has 4 heteroatoms.